The molecule has 1 atom stereocenters. The highest BCUT2D eigenvalue weighted by Gasteiger charge is 2.37. The van der Waals surface area contributed by atoms with Crippen LogP contribution in [0.3, 0.4) is 0 Å². The molecule has 0 bridgehead atoms. The molecule has 0 unspecified atom stereocenters. The van der Waals surface area contributed by atoms with Crippen molar-refractivity contribution in [2.45, 2.75) is 51.4 Å². The third-order valence-electron chi connectivity index (χ3n) is 6.67. The van der Waals surface area contributed by atoms with Gasteiger partial charge in [0.25, 0.3) is 10.0 Å². The van der Waals surface area contributed by atoms with Gasteiger partial charge in [-0.1, -0.05) is 72.4 Å². The van der Waals surface area contributed by atoms with Crippen LogP contribution >= 0.6 is 34.8 Å². The summed E-state index contributed by atoms with van der Waals surface area (Å²) >= 11 is 18.5. The number of sulfonamides is 1. The molecule has 44 heavy (non-hydrogen) atoms. The molecule has 0 saturated carbocycles. The Bertz CT molecular complexity index is 1600. The van der Waals surface area contributed by atoms with Crippen LogP contribution in [-0.4, -0.2) is 44.3 Å². The molecule has 0 radical (unpaired) electrons. The molecule has 3 aromatic carbocycles. The first-order chi connectivity index (χ1) is 20.4. The zero-order valence-corrected chi connectivity index (χ0v) is 27.3. The summed E-state index contributed by atoms with van der Waals surface area (Å²) in [5, 5.41) is 2.48. The number of carbonyl (C=O) groups excluding carboxylic acids is 2. The molecule has 0 aliphatic heterocycles. The van der Waals surface area contributed by atoms with Gasteiger partial charge in [0.05, 0.1) is 21.2 Å². The van der Waals surface area contributed by atoms with E-state index < -0.39 is 56.9 Å². The molecule has 0 heterocycles. The Morgan fingerprint density at radius 2 is 1.50 bits per heavy atom. The molecule has 0 saturated heterocycles. The average molecular weight is 693 g/mol. The molecular weight excluding hydrogens is 662 g/mol. The lowest BCUT2D eigenvalue weighted by molar-refractivity contribution is -0.139. The smallest absolute Gasteiger partial charge is 0.354 e. The van der Waals surface area contributed by atoms with E-state index in [0.29, 0.717) is 22.5 Å². The van der Waals surface area contributed by atoms with Crippen LogP contribution in [0, 0.1) is 12.8 Å². The second kappa shape index (κ2) is 14.4. The number of amides is 2. The van der Waals surface area contributed by atoms with Crippen molar-refractivity contribution < 1.29 is 31.2 Å². The maximum atomic E-state index is 14.0. The Balaban J connectivity index is 2.14. The van der Waals surface area contributed by atoms with Crippen molar-refractivity contribution in [1.82, 2.24) is 10.2 Å². The van der Waals surface area contributed by atoms with Gasteiger partial charge in [-0.15, -0.1) is 0 Å². The molecule has 7 nitrogen and oxygen atoms in total. The molecule has 0 aliphatic carbocycles. The lowest BCUT2D eigenvalue weighted by Gasteiger charge is -2.32. The average Bonchev–Trinajstić information content (AvgIpc) is 2.94. The number of hydrogen-bond acceptors (Lipinski definition) is 4. The van der Waals surface area contributed by atoms with Crippen molar-refractivity contribution in [1.29, 1.82) is 0 Å². The van der Waals surface area contributed by atoms with Crippen LogP contribution in [0.25, 0.3) is 0 Å². The summed E-state index contributed by atoms with van der Waals surface area (Å²) in [6.45, 7) is 5.99. The summed E-state index contributed by atoms with van der Waals surface area (Å²) in [6.07, 6.45) is -4.91. The standard InChI is InChI=1S/C30H31Cl3F3N3O4S/c1-18(2)15-37-29(41)20(4)38(16-23-25(31)6-5-7-26(23)32)28(40)17-39(44(42,43)22-11-8-19(3)9-12-22)21-10-13-27(33)24(14-21)30(34,35)36/h5-14,18,20H,15-17H2,1-4H3,(H,37,41)/t20-/m1/s1. The van der Waals surface area contributed by atoms with Crippen molar-refractivity contribution in [3.05, 3.63) is 92.4 Å². The van der Waals surface area contributed by atoms with Crippen LogP contribution in [0.1, 0.15) is 37.5 Å². The SMILES string of the molecule is Cc1ccc(S(=O)(=O)N(CC(=O)N(Cc2c(Cl)cccc2Cl)[C@H](C)C(=O)NCC(C)C)c2ccc(Cl)c(C(F)(F)F)c2)cc1. The Hall–Kier alpha value is -2.99. The number of benzene rings is 3. The van der Waals surface area contributed by atoms with Gasteiger partial charge in [0.1, 0.15) is 12.6 Å². The fourth-order valence-electron chi connectivity index (χ4n) is 4.14. The molecule has 0 aromatic heterocycles. The molecule has 2 amide bonds. The molecule has 14 heteroatoms. The first kappa shape index (κ1) is 35.5. The molecule has 3 rings (SSSR count). The molecule has 0 spiro atoms. The van der Waals surface area contributed by atoms with Crippen LogP contribution in [0.5, 0.6) is 0 Å². The maximum Gasteiger partial charge on any atom is 0.417 e. The minimum absolute atomic E-state index is 0.0937. The Morgan fingerprint density at radius 1 is 0.909 bits per heavy atom. The Kier molecular flexibility index (Phi) is 11.6. The summed E-state index contributed by atoms with van der Waals surface area (Å²) in [5.41, 5.74) is -0.703. The predicted octanol–water partition coefficient (Wildman–Crippen LogP) is 7.36. The maximum absolute atomic E-state index is 14.0. The number of rotatable bonds is 11. The van der Waals surface area contributed by atoms with Gasteiger partial charge in [-0.05, 0) is 62.2 Å². The fourth-order valence-corrected chi connectivity index (χ4v) is 6.29. The van der Waals surface area contributed by atoms with Gasteiger partial charge in [0.2, 0.25) is 11.8 Å². The Labute approximate surface area is 269 Å². The van der Waals surface area contributed by atoms with E-state index >= 15 is 0 Å². The van der Waals surface area contributed by atoms with Gasteiger partial charge in [-0.25, -0.2) is 8.42 Å². The predicted molar refractivity (Wildman–Crippen MR) is 166 cm³/mol. The quantitative estimate of drug-likeness (QED) is 0.228. The monoisotopic (exact) mass is 691 g/mol. The third kappa shape index (κ3) is 8.59. The van der Waals surface area contributed by atoms with Gasteiger partial charge in [0.15, 0.2) is 0 Å². The summed E-state index contributed by atoms with van der Waals surface area (Å²) in [7, 11) is -4.61. The second-order valence-electron chi connectivity index (χ2n) is 10.5. The molecule has 1 N–H and O–H groups in total. The largest absolute Gasteiger partial charge is 0.417 e. The number of nitrogens with one attached hydrogen (secondary N) is 1. The topological polar surface area (TPSA) is 86.8 Å². The zero-order chi connectivity index (χ0) is 33.0. The van der Waals surface area contributed by atoms with Gasteiger partial charge >= 0.3 is 6.18 Å². The number of aryl methyl sites for hydroxylation is 1. The van der Waals surface area contributed by atoms with Crippen molar-refractivity contribution in [3.63, 3.8) is 0 Å². The summed E-state index contributed by atoms with van der Waals surface area (Å²) in [6, 6.07) is 11.7. The van der Waals surface area contributed by atoms with E-state index in [2.05, 4.69) is 5.32 Å². The number of alkyl halides is 3. The van der Waals surface area contributed by atoms with Crippen molar-refractivity contribution in [2.24, 2.45) is 5.92 Å². The van der Waals surface area contributed by atoms with Crippen molar-refractivity contribution >= 4 is 62.3 Å². The fraction of sp³-hybridized carbons (Fsp3) is 0.333. The number of halogens is 6. The number of anilines is 1. The van der Waals surface area contributed by atoms with Crippen molar-refractivity contribution in [3.8, 4) is 0 Å². The third-order valence-corrected chi connectivity index (χ3v) is 9.50. The van der Waals surface area contributed by atoms with E-state index in [1.54, 1.807) is 13.0 Å². The highest BCUT2D eigenvalue weighted by Crippen LogP contribution is 2.38. The van der Waals surface area contributed by atoms with Crippen LogP contribution in [0.2, 0.25) is 15.1 Å². The lowest BCUT2D eigenvalue weighted by Crippen LogP contribution is -2.51. The van der Waals surface area contributed by atoms with E-state index in [4.69, 9.17) is 34.8 Å². The van der Waals surface area contributed by atoms with E-state index in [-0.39, 0.29) is 27.4 Å². The molecule has 238 valence electrons. The van der Waals surface area contributed by atoms with E-state index in [0.717, 1.165) is 22.6 Å². The zero-order valence-electron chi connectivity index (χ0n) is 24.3. The second-order valence-corrected chi connectivity index (χ2v) is 13.6. The van der Waals surface area contributed by atoms with E-state index in [9.17, 15) is 31.2 Å². The number of nitrogens with zero attached hydrogens (tertiary/aromatic N) is 2. The molecule has 0 fully saturated rings. The normalized spacial score (nSPS) is 12.6. The van der Waals surface area contributed by atoms with Crippen LogP contribution in [0.4, 0.5) is 18.9 Å². The van der Waals surface area contributed by atoms with E-state index in [1.165, 1.54) is 43.3 Å². The number of hydrogen-bond donors (Lipinski definition) is 1. The highest BCUT2D eigenvalue weighted by molar-refractivity contribution is 7.92. The minimum atomic E-state index is -4.91. The number of carbonyl (C=O) groups is 2. The van der Waals surface area contributed by atoms with E-state index in [1.807, 2.05) is 13.8 Å². The summed E-state index contributed by atoms with van der Waals surface area (Å²) in [4.78, 5) is 28.0. The first-order valence-corrected chi connectivity index (χ1v) is 16.0. The van der Waals surface area contributed by atoms with Crippen LogP contribution in [0.15, 0.2) is 65.6 Å². The first-order valence-electron chi connectivity index (χ1n) is 13.4. The van der Waals surface area contributed by atoms with Crippen LogP contribution in [-0.2, 0) is 32.3 Å². The molecule has 3 aromatic rings. The van der Waals surface area contributed by atoms with Gasteiger partial charge in [-0.2, -0.15) is 13.2 Å². The van der Waals surface area contributed by atoms with Gasteiger partial charge < -0.3 is 10.2 Å². The molecule has 0 aliphatic rings. The highest BCUT2D eigenvalue weighted by atomic mass is 35.5. The van der Waals surface area contributed by atoms with Crippen LogP contribution < -0.4 is 9.62 Å². The van der Waals surface area contributed by atoms with Crippen molar-refractivity contribution in [2.75, 3.05) is 17.4 Å². The van der Waals surface area contributed by atoms with Gasteiger partial charge in [-0.3, -0.25) is 13.9 Å². The molecular formula is C30H31Cl3F3N3O4S. The minimum Gasteiger partial charge on any atom is -0.354 e. The Morgan fingerprint density at radius 3 is 2.05 bits per heavy atom. The van der Waals surface area contributed by atoms with Gasteiger partial charge in [0, 0.05) is 28.7 Å². The summed E-state index contributed by atoms with van der Waals surface area (Å²) in [5.74, 6) is -1.34. The lowest BCUT2D eigenvalue weighted by atomic mass is 10.1. The summed E-state index contributed by atoms with van der Waals surface area (Å²) < 4.78 is 69.8.